The number of aliphatic hydroxyl groups is 1. The van der Waals surface area contributed by atoms with E-state index in [4.69, 9.17) is 10.8 Å². The summed E-state index contributed by atoms with van der Waals surface area (Å²) in [7, 11) is 0. The Hall–Kier alpha value is -0.610. The molecule has 1 unspecified atom stereocenters. The third-order valence-corrected chi connectivity index (χ3v) is 3.56. The predicted molar refractivity (Wildman–Crippen MR) is 68.6 cm³/mol. The number of hydrogen-bond donors (Lipinski definition) is 2. The van der Waals surface area contributed by atoms with Crippen LogP contribution in [0.4, 0.5) is 0 Å². The van der Waals surface area contributed by atoms with E-state index in [9.17, 15) is 4.79 Å². The normalized spacial score (nSPS) is 19.0. The first-order chi connectivity index (χ1) is 8.20. The summed E-state index contributed by atoms with van der Waals surface area (Å²) < 4.78 is 0. The third-order valence-electron chi connectivity index (χ3n) is 3.56. The van der Waals surface area contributed by atoms with Crippen molar-refractivity contribution < 1.29 is 9.90 Å². The van der Waals surface area contributed by atoms with E-state index in [1.807, 2.05) is 11.8 Å². The number of rotatable bonds is 6. The van der Waals surface area contributed by atoms with Gasteiger partial charge >= 0.3 is 0 Å². The molecule has 0 heterocycles. The lowest BCUT2D eigenvalue weighted by Crippen LogP contribution is -2.50. The summed E-state index contributed by atoms with van der Waals surface area (Å²) in [5, 5.41) is 9.09. The Kier molecular flexibility index (Phi) is 6.52. The lowest BCUT2D eigenvalue weighted by atomic mass is 9.93. The number of nitrogens with zero attached hydrogens (tertiary/aromatic N) is 1. The smallest absolute Gasteiger partial charge is 0.239 e. The number of hydrogen-bond acceptors (Lipinski definition) is 3. The maximum Gasteiger partial charge on any atom is 0.239 e. The number of amides is 1. The third kappa shape index (κ3) is 4.28. The Labute approximate surface area is 104 Å². The van der Waals surface area contributed by atoms with Crippen LogP contribution in [0.3, 0.4) is 0 Å². The van der Waals surface area contributed by atoms with E-state index in [-0.39, 0.29) is 12.5 Å². The molecule has 1 fully saturated rings. The molecule has 0 aromatic heterocycles. The molecule has 0 bridgehead atoms. The molecule has 3 N–H and O–H groups in total. The van der Waals surface area contributed by atoms with E-state index in [2.05, 4.69) is 0 Å². The van der Waals surface area contributed by atoms with E-state index in [1.165, 1.54) is 19.3 Å². The number of nitrogens with two attached hydrogens (primary N) is 1. The SMILES string of the molecule is CCCC(N)C(=O)N(CCO)C1CCCCC1. The predicted octanol–water partition coefficient (Wildman–Crippen LogP) is 1.27. The fourth-order valence-electron chi connectivity index (χ4n) is 2.62. The molecule has 1 saturated carbocycles. The van der Waals surface area contributed by atoms with Gasteiger partial charge in [0.05, 0.1) is 12.6 Å². The molecule has 17 heavy (non-hydrogen) atoms. The van der Waals surface area contributed by atoms with E-state index in [0.717, 1.165) is 25.7 Å². The van der Waals surface area contributed by atoms with E-state index in [0.29, 0.717) is 12.6 Å². The van der Waals surface area contributed by atoms with Crippen molar-refractivity contribution in [3.8, 4) is 0 Å². The van der Waals surface area contributed by atoms with Crippen molar-refractivity contribution in [1.82, 2.24) is 4.90 Å². The highest BCUT2D eigenvalue weighted by Gasteiger charge is 2.27. The molecule has 0 radical (unpaired) electrons. The van der Waals surface area contributed by atoms with Crippen LogP contribution in [0.25, 0.3) is 0 Å². The van der Waals surface area contributed by atoms with Crippen molar-refractivity contribution >= 4 is 5.91 Å². The highest BCUT2D eigenvalue weighted by atomic mass is 16.3. The van der Waals surface area contributed by atoms with E-state index >= 15 is 0 Å². The summed E-state index contributed by atoms with van der Waals surface area (Å²) in [6.45, 7) is 2.49. The van der Waals surface area contributed by atoms with E-state index in [1.54, 1.807) is 0 Å². The van der Waals surface area contributed by atoms with Gasteiger partial charge in [0.2, 0.25) is 5.91 Å². The highest BCUT2D eigenvalue weighted by molar-refractivity contribution is 5.81. The summed E-state index contributed by atoms with van der Waals surface area (Å²) in [6.07, 6.45) is 7.40. The first kappa shape index (κ1) is 14.5. The van der Waals surface area contributed by atoms with Crippen molar-refractivity contribution in [1.29, 1.82) is 0 Å². The number of carbonyl (C=O) groups is 1. The fourth-order valence-corrected chi connectivity index (χ4v) is 2.62. The molecule has 0 aliphatic heterocycles. The minimum Gasteiger partial charge on any atom is -0.395 e. The van der Waals surface area contributed by atoms with Gasteiger partial charge in [0.25, 0.3) is 0 Å². The van der Waals surface area contributed by atoms with Crippen LogP contribution in [-0.4, -0.2) is 41.1 Å². The maximum atomic E-state index is 12.2. The molecule has 100 valence electrons. The molecular weight excluding hydrogens is 216 g/mol. The average Bonchev–Trinajstić information content (AvgIpc) is 2.36. The lowest BCUT2D eigenvalue weighted by molar-refractivity contribution is -0.136. The molecule has 0 saturated heterocycles. The summed E-state index contributed by atoms with van der Waals surface area (Å²) in [6, 6.07) is -0.0974. The van der Waals surface area contributed by atoms with Crippen LogP contribution < -0.4 is 5.73 Å². The van der Waals surface area contributed by atoms with Gasteiger partial charge in [0, 0.05) is 12.6 Å². The van der Waals surface area contributed by atoms with Crippen LogP contribution in [0.2, 0.25) is 0 Å². The molecule has 1 atom stereocenters. The molecule has 4 nitrogen and oxygen atoms in total. The largest absolute Gasteiger partial charge is 0.395 e. The zero-order chi connectivity index (χ0) is 12.7. The van der Waals surface area contributed by atoms with Crippen molar-refractivity contribution in [3.63, 3.8) is 0 Å². The molecule has 0 aromatic carbocycles. The van der Waals surface area contributed by atoms with Gasteiger partial charge in [-0.15, -0.1) is 0 Å². The Morgan fingerprint density at radius 3 is 2.59 bits per heavy atom. The zero-order valence-electron chi connectivity index (χ0n) is 10.9. The van der Waals surface area contributed by atoms with Gasteiger partial charge in [-0.2, -0.15) is 0 Å². The highest BCUT2D eigenvalue weighted by Crippen LogP contribution is 2.23. The second-order valence-electron chi connectivity index (χ2n) is 4.94. The first-order valence-corrected chi connectivity index (χ1v) is 6.87. The van der Waals surface area contributed by atoms with Crippen molar-refractivity contribution in [3.05, 3.63) is 0 Å². The molecule has 4 heteroatoms. The average molecular weight is 242 g/mol. The van der Waals surface area contributed by atoms with Gasteiger partial charge in [0.1, 0.15) is 0 Å². The molecule has 1 aliphatic carbocycles. The lowest BCUT2D eigenvalue weighted by Gasteiger charge is -2.35. The molecule has 1 amide bonds. The van der Waals surface area contributed by atoms with Crippen molar-refractivity contribution in [2.45, 2.75) is 64.0 Å². The Balaban J connectivity index is 2.59. The molecule has 0 spiro atoms. The molecule has 1 rings (SSSR count). The van der Waals surface area contributed by atoms with Crippen LogP contribution in [0, 0.1) is 0 Å². The van der Waals surface area contributed by atoms with Gasteiger partial charge in [-0.25, -0.2) is 0 Å². The number of carbonyl (C=O) groups excluding carboxylic acids is 1. The molecule has 1 aliphatic rings. The van der Waals surface area contributed by atoms with Gasteiger partial charge in [-0.1, -0.05) is 32.6 Å². The Morgan fingerprint density at radius 1 is 1.41 bits per heavy atom. The summed E-state index contributed by atoms with van der Waals surface area (Å²) in [5.41, 5.74) is 5.89. The Morgan fingerprint density at radius 2 is 2.06 bits per heavy atom. The fraction of sp³-hybridized carbons (Fsp3) is 0.923. The van der Waals surface area contributed by atoms with Gasteiger partial charge < -0.3 is 15.7 Å². The van der Waals surface area contributed by atoms with Gasteiger partial charge in [-0.05, 0) is 19.3 Å². The molecule has 0 aromatic rings. The first-order valence-electron chi connectivity index (χ1n) is 6.87. The Bertz CT molecular complexity index is 227. The second-order valence-corrected chi connectivity index (χ2v) is 4.94. The standard InChI is InChI=1S/C13H26N2O2/c1-2-6-12(14)13(17)15(9-10-16)11-7-4-3-5-8-11/h11-12,16H,2-10,14H2,1H3. The summed E-state index contributed by atoms with van der Waals surface area (Å²) >= 11 is 0. The van der Waals surface area contributed by atoms with Crippen LogP contribution in [0.15, 0.2) is 0 Å². The van der Waals surface area contributed by atoms with Crippen molar-refractivity contribution in [2.75, 3.05) is 13.2 Å². The van der Waals surface area contributed by atoms with Crippen LogP contribution in [0.1, 0.15) is 51.9 Å². The van der Waals surface area contributed by atoms with Crippen LogP contribution in [0.5, 0.6) is 0 Å². The monoisotopic (exact) mass is 242 g/mol. The molecular formula is C13H26N2O2. The number of aliphatic hydroxyl groups excluding tert-OH is 1. The van der Waals surface area contributed by atoms with Crippen molar-refractivity contribution in [2.24, 2.45) is 5.73 Å². The van der Waals surface area contributed by atoms with Gasteiger partial charge in [-0.3, -0.25) is 4.79 Å². The van der Waals surface area contributed by atoms with Crippen LogP contribution >= 0.6 is 0 Å². The quantitative estimate of drug-likeness (QED) is 0.737. The minimum atomic E-state index is -0.395. The minimum absolute atomic E-state index is 0.0211. The van der Waals surface area contributed by atoms with E-state index < -0.39 is 6.04 Å². The summed E-state index contributed by atoms with van der Waals surface area (Å²) in [5.74, 6) is 0.0211. The zero-order valence-corrected chi connectivity index (χ0v) is 10.9. The summed E-state index contributed by atoms with van der Waals surface area (Å²) in [4.78, 5) is 14.0. The van der Waals surface area contributed by atoms with Gasteiger partial charge in [0.15, 0.2) is 0 Å². The topological polar surface area (TPSA) is 66.6 Å². The maximum absolute atomic E-state index is 12.2. The second kappa shape index (κ2) is 7.67. The van der Waals surface area contributed by atoms with Crippen LogP contribution in [-0.2, 0) is 4.79 Å².